The second-order valence-electron chi connectivity index (χ2n) is 10.0. The van der Waals surface area contributed by atoms with E-state index in [2.05, 4.69) is 70.0 Å². The molecule has 31 heavy (non-hydrogen) atoms. The van der Waals surface area contributed by atoms with E-state index >= 15 is 0 Å². The third kappa shape index (κ3) is 6.30. The molecule has 0 saturated carbocycles. The van der Waals surface area contributed by atoms with Crippen LogP contribution in [0.25, 0.3) is 10.2 Å². The van der Waals surface area contributed by atoms with Gasteiger partial charge in [-0.15, -0.1) is 11.3 Å². The van der Waals surface area contributed by atoms with Gasteiger partial charge < -0.3 is 10.1 Å². The molecule has 0 aliphatic rings. The fraction of sp³-hybridized carbons (Fsp3) is 0.462. The SMILES string of the molecule is CC(C)(C)c1ccc(OCC(=O)NCCCc2nc3ccccc3s2)c(C(C)(C)C)c1. The maximum atomic E-state index is 12.3. The van der Waals surface area contributed by atoms with Gasteiger partial charge in [0.2, 0.25) is 0 Å². The lowest BCUT2D eigenvalue weighted by Gasteiger charge is -2.27. The van der Waals surface area contributed by atoms with Crippen LogP contribution in [-0.2, 0) is 22.0 Å². The third-order valence-electron chi connectivity index (χ3n) is 5.24. The Morgan fingerprint density at radius 2 is 1.77 bits per heavy atom. The number of hydrogen-bond donors (Lipinski definition) is 1. The molecule has 0 bridgehead atoms. The Hall–Kier alpha value is -2.40. The summed E-state index contributed by atoms with van der Waals surface area (Å²) >= 11 is 1.72. The number of nitrogens with one attached hydrogen (secondary N) is 1. The van der Waals surface area contributed by atoms with Crippen molar-refractivity contribution in [1.82, 2.24) is 10.3 Å². The van der Waals surface area contributed by atoms with Crippen molar-refractivity contribution in [3.8, 4) is 5.75 Å². The smallest absolute Gasteiger partial charge is 0.257 e. The van der Waals surface area contributed by atoms with Crippen LogP contribution in [0.3, 0.4) is 0 Å². The van der Waals surface area contributed by atoms with Crippen molar-refractivity contribution in [3.05, 3.63) is 58.6 Å². The van der Waals surface area contributed by atoms with Gasteiger partial charge in [-0.1, -0.05) is 65.8 Å². The van der Waals surface area contributed by atoms with E-state index in [1.807, 2.05) is 24.3 Å². The molecule has 0 spiro atoms. The van der Waals surface area contributed by atoms with Crippen LogP contribution in [0.4, 0.5) is 0 Å². The molecular weight excluding hydrogens is 404 g/mol. The van der Waals surface area contributed by atoms with Gasteiger partial charge in [0, 0.05) is 13.0 Å². The number of thiazole rings is 1. The first-order valence-corrected chi connectivity index (χ1v) is 11.7. The van der Waals surface area contributed by atoms with Crippen LogP contribution in [0.5, 0.6) is 5.75 Å². The zero-order valence-electron chi connectivity index (χ0n) is 19.5. The third-order valence-corrected chi connectivity index (χ3v) is 6.34. The normalized spacial score (nSPS) is 12.2. The van der Waals surface area contributed by atoms with Crippen molar-refractivity contribution >= 4 is 27.5 Å². The zero-order valence-corrected chi connectivity index (χ0v) is 20.4. The number of amides is 1. The second kappa shape index (κ2) is 9.39. The molecule has 4 nitrogen and oxygen atoms in total. The van der Waals surface area contributed by atoms with Crippen LogP contribution in [0.1, 0.15) is 64.1 Å². The number of para-hydroxylation sites is 1. The standard InChI is InChI=1S/C26H34N2O2S/c1-25(2,3)18-13-14-21(19(16-18)26(4,5)6)30-17-23(29)27-15-9-12-24-28-20-10-7-8-11-22(20)31-24/h7-8,10-11,13-14,16H,9,12,15,17H2,1-6H3,(H,27,29). The van der Waals surface area contributed by atoms with Crippen LogP contribution >= 0.6 is 11.3 Å². The first kappa shape index (κ1) is 23.3. The molecule has 3 rings (SSSR count). The van der Waals surface area contributed by atoms with Crippen molar-refractivity contribution in [2.45, 2.75) is 65.2 Å². The second-order valence-corrected chi connectivity index (χ2v) is 11.1. The number of carbonyl (C=O) groups is 1. The fourth-order valence-electron chi connectivity index (χ4n) is 3.40. The van der Waals surface area contributed by atoms with Crippen molar-refractivity contribution in [2.24, 2.45) is 0 Å². The van der Waals surface area contributed by atoms with Crippen molar-refractivity contribution in [2.75, 3.05) is 13.2 Å². The summed E-state index contributed by atoms with van der Waals surface area (Å²) in [7, 11) is 0. The van der Waals surface area contributed by atoms with Gasteiger partial charge in [0.05, 0.1) is 15.2 Å². The average molecular weight is 439 g/mol. The van der Waals surface area contributed by atoms with E-state index in [4.69, 9.17) is 4.74 Å². The summed E-state index contributed by atoms with van der Waals surface area (Å²) in [6.45, 7) is 13.8. The van der Waals surface area contributed by atoms with E-state index in [9.17, 15) is 4.79 Å². The number of carbonyl (C=O) groups excluding carboxylic acids is 1. The van der Waals surface area contributed by atoms with Gasteiger partial charge in [0.25, 0.3) is 5.91 Å². The number of aryl methyl sites for hydroxylation is 1. The summed E-state index contributed by atoms with van der Waals surface area (Å²) in [5, 5.41) is 4.08. The maximum absolute atomic E-state index is 12.3. The number of hydrogen-bond acceptors (Lipinski definition) is 4. The van der Waals surface area contributed by atoms with E-state index < -0.39 is 0 Å². The predicted octanol–water partition coefficient (Wildman–Crippen LogP) is 6.02. The lowest BCUT2D eigenvalue weighted by Crippen LogP contribution is -2.30. The number of ether oxygens (including phenoxy) is 1. The highest BCUT2D eigenvalue weighted by Crippen LogP contribution is 2.35. The van der Waals surface area contributed by atoms with E-state index in [0.29, 0.717) is 6.54 Å². The molecule has 1 aromatic heterocycles. The first-order chi connectivity index (χ1) is 14.5. The lowest BCUT2D eigenvalue weighted by molar-refractivity contribution is -0.123. The number of rotatable bonds is 7. The first-order valence-electron chi connectivity index (χ1n) is 10.9. The van der Waals surface area contributed by atoms with Gasteiger partial charge in [0.15, 0.2) is 6.61 Å². The van der Waals surface area contributed by atoms with Gasteiger partial charge in [-0.25, -0.2) is 4.98 Å². The Labute approximate surface area is 190 Å². The molecule has 1 heterocycles. The number of aromatic nitrogens is 1. The highest BCUT2D eigenvalue weighted by Gasteiger charge is 2.23. The lowest BCUT2D eigenvalue weighted by atomic mass is 9.80. The molecule has 1 amide bonds. The van der Waals surface area contributed by atoms with Crippen molar-refractivity contribution in [3.63, 3.8) is 0 Å². The van der Waals surface area contributed by atoms with E-state index in [1.54, 1.807) is 11.3 Å². The quantitative estimate of drug-likeness (QED) is 0.459. The molecule has 0 radical (unpaired) electrons. The summed E-state index contributed by atoms with van der Waals surface area (Å²) in [6, 6.07) is 14.5. The van der Waals surface area contributed by atoms with Gasteiger partial charge in [-0.3, -0.25) is 4.79 Å². The zero-order chi connectivity index (χ0) is 22.6. The van der Waals surface area contributed by atoms with E-state index in [0.717, 1.165) is 34.7 Å². The Bertz CT molecular complexity index is 1010. The van der Waals surface area contributed by atoms with Crippen LogP contribution < -0.4 is 10.1 Å². The number of fused-ring (bicyclic) bond motifs is 1. The largest absolute Gasteiger partial charge is 0.483 e. The van der Waals surface area contributed by atoms with Crippen LogP contribution in [0.2, 0.25) is 0 Å². The molecule has 0 unspecified atom stereocenters. The van der Waals surface area contributed by atoms with Gasteiger partial charge in [0.1, 0.15) is 5.75 Å². The van der Waals surface area contributed by atoms with Crippen LogP contribution in [0.15, 0.2) is 42.5 Å². The number of benzene rings is 2. The molecule has 2 aromatic carbocycles. The minimum Gasteiger partial charge on any atom is -0.483 e. The van der Waals surface area contributed by atoms with Crippen molar-refractivity contribution in [1.29, 1.82) is 0 Å². The molecule has 0 atom stereocenters. The summed E-state index contributed by atoms with van der Waals surface area (Å²) in [4.78, 5) is 17.0. The van der Waals surface area contributed by atoms with Crippen molar-refractivity contribution < 1.29 is 9.53 Å². The summed E-state index contributed by atoms with van der Waals surface area (Å²) in [5.41, 5.74) is 3.45. The van der Waals surface area contributed by atoms with Crippen LogP contribution in [0, 0.1) is 0 Å². The van der Waals surface area contributed by atoms with Gasteiger partial charge in [-0.2, -0.15) is 0 Å². The Morgan fingerprint density at radius 3 is 2.45 bits per heavy atom. The van der Waals surface area contributed by atoms with Crippen LogP contribution in [-0.4, -0.2) is 24.0 Å². The molecule has 3 aromatic rings. The van der Waals surface area contributed by atoms with E-state index in [-0.39, 0.29) is 23.3 Å². The molecular formula is C26H34N2O2S. The monoisotopic (exact) mass is 438 g/mol. The topological polar surface area (TPSA) is 51.2 Å². The minimum atomic E-state index is -0.0935. The van der Waals surface area contributed by atoms with Gasteiger partial charge in [-0.05, 0) is 46.6 Å². The minimum absolute atomic E-state index is 0.0269. The Balaban J connectivity index is 1.50. The highest BCUT2D eigenvalue weighted by atomic mass is 32.1. The van der Waals surface area contributed by atoms with Gasteiger partial charge >= 0.3 is 0 Å². The highest BCUT2D eigenvalue weighted by molar-refractivity contribution is 7.18. The predicted molar refractivity (Wildman–Crippen MR) is 130 cm³/mol. The molecule has 0 aliphatic carbocycles. The summed E-state index contributed by atoms with van der Waals surface area (Å²) < 4.78 is 7.14. The molecule has 1 N–H and O–H groups in total. The molecule has 5 heteroatoms. The average Bonchev–Trinajstić information content (AvgIpc) is 3.11. The molecule has 0 fully saturated rings. The molecule has 0 aliphatic heterocycles. The number of nitrogens with zero attached hydrogens (tertiary/aromatic N) is 1. The molecule has 166 valence electrons. The fourth-order valence-corrected chi connectivity index (χ4v) is 4.41. The maximum Gasteiger partial charge on any atom is 0.257 e. The Kier molecular flexibility index (Phi) is 7.05. The van der Waals surface area contributed by atoms with E-state index in [1.165, 1.54) is 10.3 Å². The summed E-state index contributed by atoms with van der Waals surface area (Å²) in [6.07, 6.45) is 1.72. The summed E-state index contributed by atoms with van der Waals surface area (Å²) in [5.74, 6) is 0.689. The Morgan fingerprint density at radius 1 is 1.03 bits per heavy atom. The molecule has 0 saturated heterocycles.